The van der Waals surface area contributed by atoms with Gasteiger partial charge in [0.15, 0.2) is 11.9 Å². The molecular weight excluding hydrogens is 220 g/mol. The van der Waals surface area contributed by atoms with Crippen molar-refractivity contribution in [1.82, 2.24) is 4.98 Å². The lowest BCUT2D eigenvalue weighted by Gasteiger charge is -1.87. The molecule has 0 aliphatic carbocycles. The maximum absolute atomic E-state index is 10.9. The number of sulfonamides is 1. The van der Waals surface area contributed by atoms with Gasteiger partial charge in [-0.3, -0.25) is 4.79 Å². The molecule has 0 saturated carbocycles. The quantitative estimate of drug-likeness (QED) is 0.741. The first-order chi connectivity index (χ1) is 7.02. The van der Waals surface area contributed by atoms with Crippen LogP contribution in [0.4, 0.5) is 0 Å². The first kappa shape index (κ1) is 9.81. The minimum Gasteiger partial charge on any atom is -0.427 e. The lowest BCUT2D eigenvalue weighted by molar-refractivity contribution is 0.112. The summed E-state index contributed by atoms with van der Waals surface area (Å²) in [5, 5.41) is 4.25. The molecule has 1 heterocycles. The Labute approximate surface area is 84.8 Å². The van der Waals surface area contributed by atoms with E-state index in [4.69, 9.17) is 9.56 Å². The maximum Gasteiger partial charge on any atom is 0.331 e. The summed E-state index contributed by atoms with van der Waals surface area (Å²) in [6.45, 7) is 0. The fraction of sp³-hybridized carbons (Fsp3) is 0. The molecule has 1 aromatic heterocycles. The van der Waals surface area contributed by atoms with Gasteiger partial charge in [-0.1, -0.05) is 6.07 Å². The Morgan fingerprint density at radius 1 is 1.40 bits per heavy atom. The molecule has 2 rings (SSSR count). The van der Waals surface area contributed by atoms with E-state index in [1.54, 1.807) is 6.07 Å². The van der Waals surface area contributed by atoms with E-state index in [1.165, 1.54) is 12.1 Å². The monoisotopic (exact) mass is 226 g/mol. The number of nitrogens with two attached hydrogens (primary N) is 1. The van der Waals surface area contributed by atoms with E-state index in [1.807, 2.05) is 0 Å². The van der Waals surface area contributed by atoms with Gasteiger partial charge in [0.05, 0.1) is 0 Å². The highest BCUT2D eigenvalue weighted by Gasteiger charge is 2.17. The van der Waals surface area contributed by atoms with Crippen LogP contribution in [0.15, 0.2) is 27.8 Å². The number of oxazole rings is 1. The van der Waals surface area contributed by atoms with Crippen LogP contribution in [0.3, 0.4) is 0 Å². The highest BCUT2D eigenvalue weighted by atomic mass is 32.2. The van der Waals surface area contributed by atoms with Crippen LogP contribution in [0.25, 0.3) is 11.1 Å². The standard InChI is InChI=1S/C8H6N2O4S/c9-15(12,13)8-10-7-5(4-11)2-1-3-6(7)14-8/h1-4H,(H2,9,12,13). The molecule has 0 fully saturated rings. The summed E-state index contributed by atoms with van der Waals surface area (Å²) >= 11 is 0. The molecule has 7 heteroatoms. The molecular formula is C8H6N2O4S. The molecule has 0 unspecified atom stereocenters. The zero-order valence-corrected chi connectivity index (χ0v) is 8.19. The largest absolute Gasteiger partial charge is 0.427 e. The average Bonchev–Trinajstić information content (AvgIpc) is 2.59. The summed E-state index contributed by atoms with van der Waals surface area (Å²) in [6, 6.07) is 4.57. The summed E-state index contributed by atoms with van der Waals surface area (Å²) in [4.78, 5) is 14.3. The Hall–Kier alpha value is -1.73. The predicted molar refractivity (Wildman–Crippen MR) is 50.8 cm³/mol. The Kier molecular flexibility index (Phi) is 2.06. The Morgan fingerprint density at radius 2 is 2.13 bits per heavy atom. The molecule has 78 valence electrons. The molecule has 0 spiro atoms. The van der Waals surface area contributed by atoms with Crippen molar-refractivity contribution in [1.29, 1.82) is 0 Å². The van der Waals surface area contributed by atoms with Crippen molar-refractivity contribution in [3.63, 3.8) is 0 Å². The molecule has 0 aliphatic heterocycles. The fourth-order valence-electron chi connectivity index (χ4n) is 1.17. The average molecular weight is 226 g/mol. The minimum atomic E-state index is -3.98. The van der Waals surface area contributed by atoms with Crippen molar-refractivity contribution in [2.45, 2.75) is 5.22 Å². The second-order valence-corrected chi connectivity index (χ2v) is 4.28. The number of carbonyl (C=O) groups excluding carboxylic acids is 1. The number of hydrogen-bond donors (Lipinski definition) is 1. The van der Waals surface area contributed by atoms with Crippen molar-refractivity contribution in [3.05, 3.63) is 23.8 Å². The molecule has 0 aliphatic rings. The number of rotatable bonds is 2. The number of para-hydroxylation sites is 1. The minimum absolute atomic E-state index is 0.191. The zero-order chi connectivity index (χ0) is 11.1. The van der Waals surface area contributed by atoms with Gasteiger partial charge in [0, 0.05) is 5.56 Å². The third kappa shape index (κ3) is 1.62. The van der Waals surface area contributed by atoms with Crippen LogP contribution in [0.1, 0.15) is 10.4 Å². The van der Waals surface area contributed by atoms with Crippen molar-refractivity contribution < 1.29 is 17.6 Å². The normalized spacial score (nSPS) is 11.8. The summed E-state index contributed by atoms with van der Waals surface area (Å²) < 4.78 is 26.8. The highest BCUT2D eigenvalue weighted by Crippen LogP contribution is 2.20. The molecule has 0 amide bonds. The number of primary sulfonamides is 1. The van der Waals surface area contributed by atoms with Gasteiger partial charge in [-0.25, -0.2) is 13.6 Å². The summed E-state index contributed by atoms with van der Waals surface area (Å²) in [6.07, 6.45) is 0.567. The lowest BCUT2D eigenvalue weighted by Crippen LogP contribution is -2.12. The first-order valence-corrected chi connectivity index (χ1v) is 5.44. The number of aldehydes is 1. The van der Waals surface area contributed by atoms with E-state index in [0.29, 0.717) is 6.29 Å². The van der Waals surface area contributed by atoms with Gasteiger partial charge in [0.25, 0.3) is 10.0 Å². The van der Waals surface area contributed by atoms with Crippen LogP contribution in [-0.2, 0) is 10.0 Å². The van der Waals surface area contributed by atoms with Gasteiger partial charge in [0.1, 0.15) is 5.52 Å². The van der Waals surface area contributed by atoms with Gasteiger partial charge in [-0.2, -0.15) is 4.98 Å². The molecule has 2 aromatic rings. The van der Waals surface area contributed by atoms with E-state index < -0.39 is 15.2 Å². The van der Waals surface area contributed by atoms with E-state index in [-0.39, 0.29) is 16.7 Å². The van der Waals surface area contributed by atoms with E-state index in [9.17, 15) is 13.2 Å². The van der Waals surface area contributed by atoms with Crippen LogP contribution in [0, 0.1) is 0 Å². The van der Waals surface area contributed by atoms with Crippen LogP contribution < -0.4 is 5.14 Å². The number of hydrogen-bond acceptors (Lipinski definition) is 5. The van der Waals surface area contributed by atoms with Crippen LogP contribution >= 0.6 is 0 Å². The van der Waals surface area contributed by atoms with Crippen molar-refractivity contribution >= 4 is 27.4 Å². The lowest BCUT2D eigenvalue weighted by atomic mass is 10.2. The third-order valence-corrected chi connectivity index (χ3v) is 2.46. The number of aromatic nitrogens is 1. The second-order valence-electron chi connectivity index (χ2n) is 2.84. The number of carbonyl (C=O) groups is 1. The summed E-state index contributed by atoms with van der Waals surface area (Å²) in [5.74, 6) is 0. The van der Waals surface area contributed by atoms with E-state index in [0.717, 1.165) is 0 Å². The van der Waals surface area contributed by atoms with Crippen molar-refractivity contribution in [2.24, 2.45) is 5.14 Å². The second kappa shape index (κ2) is 3.14. The highest BCUT2D eigenvalue weighted by molar-refractivity contribution is 7.88. The fourth-order valence-corrected chi connectivity index (χ4v) is 1.59. The van der Waals surface area contributed by atoms with Crippen LogP contribution in [0.5, 0.6) is 0 Å². The predicted octanol–water partition coefficient (Wildman–Crippen LogP) is 0.288. The molecule has 6 nitrogen and oxygen atoms in total. The van der Waals surface area contributed by atoms with Gasteiger partial charge in [-0.15, -0.1) is 0 Å². The third-order valence-electron chi connectivity index (χ3n) is 1.80. The van der Waals surface area contributed by atoms with E-state index in [2.05, 4.69) is 4.98 Å². The van der Waals surface area contributed by atoms with Crippen molar-refractivity contribution in [3.8, 4) is 0 Å². The summed E-state index contributed by atoms with van der Waals surface area (Å²) in [7, 11) is -3.98. The zero-order valence-electron chi connectivity index (χ0n) is 7.38. The molecule has 2 N–H and O–H groups in total. The van der Waals surface area contributed by atoms with Gasteiger partial charge in [-0.05, 0) is 12.1 Å². The topological polar surface area (TPSA) is 103 Å². The van der Waals surface area contributed by atoms with Crippen LogP contribution in [0.2, 0.25) is 0 Å². The molecule has 0 saturated heterocycles. The Bertz CT molecular complexity index is 629. The molecule has 0 radical (unpaired) electrons. The Balaban J connectivity index is 2.82. The molecule has 15 heavy (non-hydrogen) atoms. The molecule has 1 aromatic carbocycles. The van der Waals surface area contributed by atoms with Gasteiger partial charge in [0.2, 0.25) is 0 Å². The SMILES string of the molecule is NS(=O)(=O)c1nc2c(C=O)cccc2o1. The van der Waals surface area contributed by atoms with E-state index >= 15 is 0 Å². The summed E-state index contributed by atoms with van der Waals surface area (Å²) in [5.41, 5.74) is 0.659. The smallest absolute Gasteiger partial charge is 0.331 e. The first-order valence-electron chi connectivity index (χ1n) is 3.90. The van der Waals surface area contributed by atoms with Crippen molar-refractivity contribution in [2.75, 3.05) is 0 Å². The molecule has 0 bridgehead atoms. The van der Waals surface area contributed by atoms with Gasteiger partial charge < -0.3 is 4.42 Å². The maximum atomic E-state index is 10.9. The van der Waals surface area contributed by atoms with Crippen LogP contribution in [-0.4, -0.2) is 19.7 Å². The number of nitrogens with zero attached hydrogens (tertiary/aromatic N) is 1. The molecule has 0 atom stereocenters. The Morgan fingerprint density at radius 3 is 2.73 bits per heavy atom. The number of fused-ring (bicyclic) bond motifs is 1. The van der Waals surface area contributed by atoms with Gasteiger partial charge >= 0.3 is 5.22 Å². The number of benzene rings is 1.